The zero-order valence-electron chi connectivity index (χ0n) is 15.3. The van der Waals surface area contributed by atoms with Crippen LogP contribution in [0.1, 0.15) is 25.8 Å². The summed E-state index contributed by atoms with van der Waals surface area (Å²) in [6, 6.07) is 17.8. The molecule has 0 aliphatic carbocycles. The zero-order chi connectivity index (χ0) is 18.8. The average Bonchev–Trinajstić information content (AvgIpc) is 2.64. The van der Waals surface area contributed by atoms with E-state index in [9.17, 15) is 13.5 Å². The van der Waals surface area contributed by atoms with E-state index in [4.69, 9.17) is 4.74 Å². The molecule has 5 heteroatoms. The van der Waals surface area contributed by atoms with Crippen LogP contribution in [0.4, 0.5) is 0 Å². The Bertz CT molecular complexity index is 828. The van der Waals surface area contributed by atoms with Gasteiger partial charge in [0.05, 0.1) is 23.2 Å². The molecule has 26 heavy (non-hydrogen) atoms. The summed E-state index contributed by atoms with van der Waals surface area (Å²) in [5.74, 6) is -0.534. The van der Waals surface area contributed by atoms with E-state index in [1.54, 1.807) is 13.8 Å². The first-order valence-electron chi connectivity index (χ1n) is 9.00. The molecular formula is C21H26O4S. The van der Waals surface area contributed by atoms with Crippen molar-refractivity contribution in [2.75, 3.05) is 19.0 Å². The minimum absolute atomic E-state index is 0.0679. The van der Waals surface area contributed by atoms with E-state index in [0.717, 1.165) is 16.7 Å². The topological polar surface area (TPSA) is 63.6 Å². The lowest BCUT2D eigenvalue weighted by atomic mass is 9.78. The van der Waals surface area contributed by atoms with Gasteiger partial charge in [-0.2, -0.15) is 0 Å². The maximum absolute atomic E-state index is 12.4. The first-order chi connectivity index (χ1) is 12.3. The van der Waals surface area contributed by atoms with Gasteiger partial charge in [-0.25, -0.2) is 8.42 Å². The Morgan fingerprint density at radius 2 is 1.69 bits per heavy atom. The molecule has 1 N–H and O–H groups in total. The Hall–Kier alpha value is -1.69. The highest BCUT2D eigenvalue weighted by Gasteiger charge is 2.43. The summed E-state index contributed by atoms with van der Waals surface area (Å²) < 4.78 is 30.3. The fourth-order valence-corrected chi connectivity index (χ4v) is 4.73. The van der Waals surface area contributed by atoms with Crippen molar-refractivity contribution >= 4 is 9.84 Å². The van der Waals surface area contributed by atoms with E-state index >= 15 is 0 Å². The lowest BCUT2D eigenvalue weighted by molar-refractivity contribution is -0.110. The van der Waals surface area contributed by atoms with Crippen molar-refractivity contribution in [3.05, 3.63) is 60.2 Å². The Morgan fingerprint density at radius 3 is 2.31 bits per heavy atom. The van der Waals surface area contributed by atoms with Crippen molar-refractivity contribution in [3.63, 3.8) is 0 Å². The van der Waals surface area contributed by atoms with Crippen LogP contribution in [0, 0.1) is 5.92 Å². The van der Waals surface area contributed by atoms with E-state index in [1.165, 1.54) is 0 Å². The molecule has 2 aromatic rings. The normalized spacial score (nSPS) is 23.9. The molecule has 1 heterocycles. The van der Waals surface area contributed by atoms with Crippen LogP contribution < -0.4 is 0 Å². The molecule has 1 aliphatic rings. The molecule has 1 fully saturated rings. The average molecular weight is 375 g/mol. The summed E-state index contributed by atoms with van der Waals surface area (Å²) in [5, 5.41) is 10.9. The third-order valence-corrected chi connectivity index (χ3v) is 7.57. The van der Waals surface area contributed by atoms with Crippen LogP contribution in [-0.4, -0.2) is 37.7 Å². The molecule has 0 bridgehead atoms. The number of benzene rings is 2. The van der Waals surface area contributed by atoms with Crippen LogP contribution in [0.2, 0.25) is 0 Å². The van der Waals surface area contributed by atoms with Crippen LogP contribution in [-0.2, 0) is 20.2 Å². The molecule has 0 unspecified atom stereocenters. The predicted octanol–water partition coefficient (Wildman–Crippen LogP) is 3.40. The Morgan fingerprint density at radius 1 is 1.08 bits per heavy atom. The van der Waals surface area contributed by atoms with Gasteiger partial charge < -0.3 is 9.84 Å². The smallest absolute Gasteiger partial charge is 0.153 e. The molecule has 2 atom stereocenters. The van der Waals surface area contributed by atoms with Gasteiger partial charge in [-0.15, -0.1) is 0 Å². The van der Waals surface area contributed by atoms with Crippen molar-refractivity contribution in [1.29, 1.82) is 0 Å². The number of ether oxygens (including phenoxy) is 1. The molecule has 0 spiro atoms. The van der Waals surface area contributed by atoms with Crippen molar-refractivity contribution in [3.8, 4) is 11.1 Å². The maximum Gasteiger partial charge on any atom is 0.153 e. The van der Waals surface area contributed by atoms with Crippen LogP contribution in [0.5, 0.6) is 0 Å². The Labute approximate surface area is 155 Å². The van der Waals surface area contributed by atoms with E-state index in [2.05, 4.69) is 0 Å². The number of hydrogen-bond acceptors (Lipinski definition) is 4. The van der Waals surface area contributed by atoms with Crippen LogP contribution in [0.25, 0.3) is 11.1 Å². The van der Waals surface area contributed by atoms with E-state index in [-0.39, 0.29) is 12.4 Å². The first-order valence-corrected chi connectivity index (χ1v) is 10.7. The van der Waals surface area contributed by atoms with Crippen molar-refractivity contribution in [2.24, 2.45) is 5.92 Å². The molecule has 140 valence electrons. The molecule has 1 aliphatic heterocycles. The van der Waals surface area contributed by atoms with Gasteiger partial charge >= 0.3 is 0 Å². The molecular weight excluding hydrogens is 348 g/mol. The van der Waals surface area contributed by atoms with E-state index in [0.29, 0.717) is 13.0 Å². The third-order valence-electron chi connectivity index (χ3n) is 5.27. The molecule has 4 nitrogen and oxygen atoms in total. The van der Waals surface area contributed by atoms with Crippen LogP contribution in [0.3, 0.4) is 0 Å². The SMILES string of the molecule is CC(C)S(=O)(=O)C[C@@H]1COCC[C@]1(O)c1ccc(-c2ccccc2)cc1. The summed E-state index contributed by atoms with van der Waals surface area (Å²) in [5.41, 5.74) is 1.74. The second kappa shape index (κ2) is 7.51. The minimum Gasteiger partial charge on any atom is -0.385 e. The van der Waals surface area contributed by atoms with Crippen LogP contribution >= 0.6 is 0 Å². The monoisotopic (exact) mass is 374 g/mol. The summed E-state index contributed by atoms with van der Waals surface area (Å²) >= 11 is 0. The van der Waals surface area contributed by atoms with Gasteiger partial charge in [0.1, 0.15) is 0 Å². The summed E-state index contributed by atoms with van der Waals surface area (Å²) in [6.07, 6.45) is 0.399. The summed E-state index contributed by atoms with van der Waals surface area (Å²) in [7, 11) is -3.27. The second-order valence-corrected chi connectivity index (χ2v) is 9.87. The van der Waals surface area contributed by atoms with Gasteiger partial charge in [0.15, 0.2) is 9.84 Å². The Balaban J connectivity index is 1.89. The zero-order valence-corrected chi connectivity index (χ0v) is 16.1. The number of aliphatic hydroxyl groups is 1. The number of rotatable bonds is 5. The highest BCUT2D eigenvalue weighted by atomic mass is 32.2. The van der Waals surface area contributed by atoms with Gasteiger partial charge in [-0.1, -0.05) is 54.6 Å². The van der Waals surface area contributed by atoms with Gasteiger partial charge in [-0.05, 0) is 30.5 Å². The maximum atomic E-state index is 12.4. The molecule has 0 radical (unpaired) electrons. The molecule has 1 saturated heterocycles. The van der Waals surface area contributed by atoms with Gasteiger partial charge in [-0.3, -0.25) is 0 Å². The van der Waals surface area contributed by atoms with Gasteiger partial charge in [0, 0.05) is 18.9 Å². The van der Waals surface area contributed by atoms with E-state index < -0.39 is 26.6 Å². The standard InChI is InChI=1S/C21H26O4S/c1-16(2)26(23,24)15-20-14-25-13-12-21(20,22)19-10-8-18(9-11-19)17-6-4-3-5-7-17/h3-11,16,20,22H,12-15H2,1-2H3/t20-,21-/m0/s1. The third kappa shape index (κ3) is 3.85. The largest absolute Gasteiger partial charge is 0.385 e. The first kappa shape index (κ1) is 19.1. The molecule has 2 aromatic carbocycles. The van der Waals surface area contributed by atoms with Crippen molar-refractivity contribution in [1.82, 2.24) is 0 Å². The molecule has 3 rings (SSSR count). The van der Waals surface area contributed by atoms with Crippen LogP contribution in [0.15, 0.2) is 54.6 Å². The molecule has 0 aromatic heterocycles. The fraction of sp³-hybridized carbons (Fsp3) is 0.429. The fourth-order valence-electron chi connectivity index (χ4n) is 3.42. The van der Waals surface area contributed by atoms with Gasteiger partial charge in [0.25, 0.3) is 0 Å². The number of hydrogen-bond donors (Lipinski definition) is 1. The highest BCUT2D eigenvalue weighted by molar-refractivity contribution is 7.91. The summed E-state index contributed by atoms with van der Waals surface area (Å²) in [4.78, 5) is 0. The van der Waals surface area contributed by atoms with E-state index in [1.807, 2.05) is 54.6 Å². The lowest BCUT2D eigenvalue weighted by Crippen LogP contribution is -2.46. The highest BCUT2D eigenvalue weighted by Crippen LogP contribution is 2.38. The van der Waals surface area contributed by atoms with Gasteiger partial charge in [0.2, 0.25) is 0 Å². The van der Waals surface area contributed by atoms with Crippen molar-refractivity contribution < 1.29 is 18.3 Å². The second-order valence-electron chi connectivity index (χ2n) is 7.27. The molecule has 0 saturated carbocycles. The minimum atomic E-state index is -3.27. The Kier molecular flexibility index (Phi) is 5.51. The molecule has 0 amide bonds. The lowest BCUT2D eigenvalue weighted by Gasteiger charge is -2.40. The van der Waals surface area contributed by atoms with Crippen molar-refractivity contribution in [2.45, 2.75) is 31.1 Å². The summed E-state index contributed by atoms with van der Waals surface area (Å²) in [6.45, 7) is 4.03. The quantitative estimate of drug-likeness (QED) is 0.871. The predicted molar refractivity (Wildman–Crippen MR) is 104 cm³/mol. The number of sulfone groups is 1.